The number of hydrogen-bond acceptors (Lipinski definition) is 6. The summed E-state index contributed by atoms with van der Waals surface area (Å²) in [5.74, 6) is -2.70. The van der Waals surface area contributed by atoms with Gasteiger partial charge in [-0.3, -0.25) is 15.0 Å². The maximum absolute atomic E-state index is 12.5. The summed E-state index contributed by atoms with van der Waals surface area (Å²) in [7, 11) is 1.19. The maximum atomic E-state index is 12.5. The standard InChI is InChI=1S/C13H10ClN3O4/c1-21-13(20)10-8-9(15-16-10)12(19)17(11(8)18)7-4-2-3-6(14)5-7/h2-5,8-9,15H,1H3/t8-,9-/m1/s1. The summed E-state index contributed by atoms with van der Waals surface area (Å²) in [6.07, 6.45) is 0. The molecule has 0 aliphatic carbocycles. The molecule has 2 aliphatic rings. The summed E-state index contributed by atoms with van der Waals surface area (Å²) in [6.45, 7) is 0. The zero-order valence-corrected chi connectivity index (χ0v) is 11.6. The van der Waals surface area contributed by atoms with Gasteiger partial charge < -0.3 is 4.74 Å². The Labute approximate surface area is 124 Å². The van der Waals surface area contributed by atoms with Gasteiger partial charge in [0.1, 0.15) is 12.0 Å². The Morgan fingerprint density at radius 1 is 1.38 bits per heavy atom. The molecule has 0 saturated carbocycles. The van der Waals surface area contributed by atoms with Gasteiger partial charge in [0.25, 0.3) is 5.91 Å². The van der Waals surface area contributed by atoms with E-state index in [9.17, 15) is 14.4 Å². The quantitative estimate of drug-likeness (QED) is 0.628. The average Bonchev–Trinajstić information content (AvgIpc) is 3.00. The molecule has 0 unspecified atom stereocenters. The van der Waals surface area contributed by atoms with Gasteiger partial charge in [0, 0.05) is 5.02 Å². The fourth-order valence-electron chi connectivity index (χ4n) is 2.43. The monoisotopic (exact) mass is 307 g/mol. The summed E-state index contributed by atoms with van der Waals surface area (Å²) in [4.78, 5) is 37.4. The van der Waals surface area contributed by atoms with Crippen LogP contribution in [0.5, 0.6) is 0 Å². The molecule has 8 heteroatoms. The second-order valence-electron chi connectivity index (χ2n) is 4.56. The van der Waals surface area contributed by atoms with Crippen LogP contribution < -0.4 is 10.3 Å². The molecule has 2 amide bonds. The summed E-state index contributed by atoms with van der Waals surface area (Å²) >= 11 is 5.88. The molecule has 1 fully saturated rings. The molecule has 0 radical (unpaired) electrons. The predicted octanol–water partition coefficient (Wildman–Crippen LogP) is 0.330. The number of hydrazone groups is 1. The molecule has 7 nitrogen and oxygen atoms in total. The molecule has 1 aromatic carbocycles. The number of anilines is 1. The third-order valence-corrected chi connectivity index (χ3v) is 3.62. The third-order valence-electron chi connectivity index (χ3n) is 3.39. The highest BCUT2D eigenvalue weighted by Gasteiger charge is 2.55. The number of nitrogens with one attached hydrogen (secondary N) is 1. The molecule has 21 heavy (non-hydrogen) atoms. The second kappa shape index (κ2) is 4.85. The lowest BCUT2D eigenvalue weighted by Gasteiger charge is -2.15. The Bertz CT molecular complexity index is 688. The number of ether oxygens (including phenoxy) is 1. The number of carbonyl (C=O) groups is 3. The first-order chi connectivity index (χ1) is 10.0. The highest BCUT2D eigenvalue weighted by molar-refractivity contribution is 6.46. The van der Waals surface area contributed by atoms with Crippen LogP contribution in [0, 0.1) is 5.92 Å². The third kappa shape index (κ3) is 1.97. The Hall–Kier alpha value is -2.41. The van der Waals surface area contributed by atoms with Gasteiger partial charge in [-0.05, 0) is 18.2 Å². The lowest BCUT2D eigenvalue weighted by atomic mass is 9.99. The number of amides is 2. The van der Waals surface area contributed by atoms with Gasteiger partial charge in [0.15, 0.2) is 5.71 Å². The van der Waals surface area contributed by atoms with E-state index in [0.717, 1.165) is 4.90 Å². The van der Waals surface area contributed by atoms with Gasteiger partial charge in [0.2, 0.25) is 5.91 Å². The summed E-state index contributed by atoms with van der Waals surface area (Å²) in [5, 5.41) is 4.14. The minimum absolute atomic E-state index is 0.0922. The number of methoxy groups -OCH3 is 1. The van der Waals surface area contributed by atoms with Crippen LogP contribution in [-0.2, 0) is 19.1 Å². The van der Waals surface area contributed by atoms with Crippen molar-refractivity contribution in [2.75, 3.05) is 12.0 Å². The first-order valence-corrected chi connectivity index (χ1v) is 6.47. The van der Waals surface area contributed by atoms with Crippen LogP contribution >= 0.6 is 11.6 Å². The molecule has 0 aromatic heterocycles. The van der Waals surface area contributed by atoms with Crippen LogP contribution in [0.25, 0.3) is 0 Å². The SMILES string of the molecule is COC(=O)C1=NN[C@H]2C(=O)N(c3cccc(Cl)c3)C(=O)[C@@H]12. The van der Waals surface area contributed by atoms with Crippen LogP contribution in [0.4, 0.5) is 5.69 Å². The van der Waals surface area contributed by atoms with E-state index >= 15 is 0 Å². The molecule has 1 saturated heterocycles. The van der Waals surface area contributed by atoms with E-state index in [-0.39, 0.29) is 5.71 Å². The Balaban J connectivity index is 1.98. The molecule has 0 bridgehead atoms. The van der Waals surface area contributed by atoms with E-state index in [1.165, 1.54) is 13.2 Å². The van der Waals surface area contributed by atoms with Gasteiger partial charge in [-0.15, -0.1) is 0 Å². The highest BCUT2D eigenvalue weighted by atomic mass is 35.5. The normalized spacial score (nSPS) is 23.7. The number of carbonyl (C=O) groups excluding carboxylic acids is 3. The highest BCUT2D eigenvalue weighted by Crippen LogP contribution is 2.31. The summed E-state index contributed by atoms with van der Waals surface area (Å²) < 4.78 is 4.57. The van der Waals surface area contributed by atoms with Crippen molar-refractivity contribution in [1.29, 1.82) is 0 Å². The fraction of sp³-hybridized carbons (Fsp3) is 0.231. The molecule has 3 rings (SSSR count). The number of fused-ring (bicyclic) bond motifs is 1. The maximum Gasteiger partial charge on any atom is 0.355 e. The minimum Gasteiger partial charge on any atom is -0.464 e. The lowest BCUT2D eigenvalue weighted by Crippen LogP contribution is -2.36. The zero-order chi connectivity index (χ0) is 15.1. The molecular formula is C13H10ClN3O4. The van der Waals surface area contributed by atoms with E-state index in [2.05, 4.69) is 15.3 Å². The van der Waals surface area contributed by atoms with Crippen molar-refractivity contribution in [3.8, 4) is 0 Å². The number of hydrogen-bond donors (Lipinski definition) is 1. The molecule has 0 spiro atoms. The van der Waals surface area contributed by atoms with Crippen LogP contribution in [0.15, 0.2) is 29.4 Å². The number of rotatable bonds is 2. The molecule has 2 aliphatic heterocycles. The van der Waals surface area contributed by atoms with Gasteiger partial charge in [-0.25, -0.2) is 9.69 Å². The lowest BCUT2D eigenvalue weighted by molar-refractivity contribution is -0.133. The first kappa shape index (κ1) is 13.6. The summed E-state index contributed by atoms with van der Waals surface area (Å²) in [5.41, 5.74) is 2.79. The van der Waals surface area contributed by atoms with E-state index in [1.54, 1.807) is 18.2 Å². The van der Waals surface area contributed by atoms with Crippen molar-refractivity contribution < 1.29 is 19.1 Å². The molecular weight excluding hydrogens is 298 g/mol. The Kier molecular flexibility index (Phi) is 3.13. The van der Waals surface area contributed by atoms with Crippen molar-refractivity contribution in [3.05, 3.63) is 29.3 Å². The number of halogens is 1. The number of benzene rings is 1. The average molecular weight is 308 g/mol. The van der Waals surface area contributed by atoms with Gasteiger partial charge in [0.05, 0.1) is 12.8 Å². The molecule has 2 heterocycles. The molecule has 108 valence electrons. The molecule has 1 N–H and O–H groups in total. The second-order valence-corrected chi connectivity index (χ2v) is 5.00. The number of imide groups is 1. The number of nitrogens with zero attached hydrogens (tertiary/aromatic N) is 2. The smallest absolute Gasteiger partial charge is 0.355 e. The Morgan fingerprint density at radius 2 is 2.14 bits per heavy atom. The Morgan fingerprint density at radius 3 is 2.81 bits per heavy atom. The van der Waals surface area contributed by atoms with Crippen molar-refractivity contribution >= 4 is 40.8 Å². The van der Waals surface area contributed by atoms with Crippen LogP contribution in [0.2, 0.25) is 5.02 Å². The first-order valence-electron chi connectivity index (χ1n) is 6.09. The van der Waals surface area contributed by atoms with Gasteiger partial charge in [-0.1, -0.05) is 17.7 Å². The number of esters is 1. The minimum atomic E-state index is -0.969. The zero-order valence-electron chi connectivity index (χ0n) is 10.9. The predicted molar refractivity (Wildman–Crippen MR) is 73.8 cm³/mol. The largest absolute Gasteiger partial charge is 0.464 e. The summed E-state index contributed by atoms with van der Waals surface area (Å²) in [6, 6.07) is 5.49. The van der Waals surface area contributed by atoms with Crippen LogP contribution in [-0.4, -0.2) is 36.6 Å². The van der Waals surface area contributed by atoms with Crippen molar-refractivity contribution in [2.24, 2.45) is 11.0 Å². The van der Waals surface area contributed by atoms with Gasteiger partial charge in [-0.2, -0.15) is 5.10 Å². The van der Waals surface area contributed by atoms with Gasteiger partial charge >= 0.3 is 5.97 Å². The topological polar surface area (TPSA) is 88.1 Å². The van der Waals surface area contributed by atoms with Crippen LogP contribution in [0.1, 0.15) is 0 Å². The van der Waals surface area contributed by atoms with E-state index < -0.39 is 29.7 Å². The van der Waals surface area contributed by atoms with E-state index in [0.29, 0.717) is 10.7 Å². The fourth-order valence-corrected chi connectivity index (χ4v) is 2.62. The van der Waals surface area contributed by atoms with Crippen molar-refractivity contribution in [3.63, 3.8) is 0 Å². The van der Waals surface area contributed by atoms with Crippen molar-refractivity contribution in [1.82, 2.24) is 5.43 Å². The van der Waals surface area contributed by atoms with E-state index in [4.69, 9.17) is 11.6 Å². The van der Waals surface area contributed by atoms with Crippen molar-refractivity contribution in [2.45, 2.75) is 6.04 Å². The molecule has 2 atom stereocenters. The molecule has 1 aromatic rings. The van der Waals surface area contributed by atoms with Crippen LogP contribution in [0.3, 0.4) is 0 Å². The van der Waals surface area contributed by atoms with E-state index in [1.807, 2.05) is 0 Å².